The van der Waals surface area contributed by atoms with Crippen molar-refractivity contribution in [3.63, 3.8) is 0 Å². The number of aromatic nitrogens is 4. The molecule has 1 aliphatic carbocycles. The fraction of sp³-hybridized carbons (Fsp3) is 0.571. The van der Waals surface area contributed by atoms with Gasteiger partial charge < -0.3 is 49.8 Å². The van der Waals surface area contributed by atoms with Crippen molar-refractivity contribution < 1.29 is 52.0 Å². The first kappa shape index (κ1) is 58.6. The van der Waals surface area contributed by atoms with Gasteiger partial charge in [0.2, 0.25) is 23.7 Å². The SMILES string of the molecule is Cc1ncsc1-c1ccc(CNC(=O)[C@@H]2C[C@@H](O)CN2C(=O)[C@@H](NC(=O)COCCOCCOCCN2CCN(Cc3ccc(-c4cn(C5CCC(O)CC5)c5nc(NCCC(F)(F)F)ncc45)cc3)CC2)C(C)(C)C)cc1. The minimum Gasteiger partial charge on any atom is -0.393 e. The molecule has 0 spiro atoms. The van der Waals surface area contributed by atoms with Crippen molar-refractivity contribution in [2.75, 3.05) is 90.8 Å². The van der Waals surface area contributed by atoms with Crippen LogP contribution in [0.25, 0.3) is 32.6 Å². The Balaban J connectivity index is 0.691. The number of rotatable bonds is 24. The van der Waals surface area contributed by atoms with Crippen molar-refractivity contribution in [2.24, 2.45) is 5.41 Å². The van der Waals surface area contributed by atoms with Gasteiger partial charge in [0.05, 0.1) is 67.7 Å². The topological polar surface area (TPSA) is 209 Å². The first-order chi connectivity index (χ1) is 37.4. The van der Waals surface area contributed by atoms with Crippen molar-refractivity contribution in [1.82, 2.24) is 44.9 Å². The molecule has 3 fully saturated rings. The molecule has 1 saturated carbocycles. The molecule has 8 rings (SSSR count). The van der Waals surface area contributed by atoms with E-state index < -0.39 is 48.0 Å². The van der Waals surface area contributed by atoms with Gasteiger partial charge in [-0.2, -0.15) is 18.2 Å². The fourth-order valence-corrected chi connectivity index (χ4v) is 11.1. The number of aliphatic hydroxyl groups excluding tert-OH is 2. The van der Waals surface area contributed by atoms with Crippen LogP contribution in [0, 0.1) is 12.3 Å². The number of aliphatic hydroxyl groups is 2. The van der Waals surface area contributed by atoms with E-state index in [4.69, 9.17) is 14.2 Å². The van der Waals surface area contributed by atoms with E-state index in [0.717, 1.165) is 90.3 Å². The highest BCUT2D eigenvalue weighted by Gasteiger charge is 2.44. The summed E-state index contributed by atoms with van der Waals surface area (Å²) < 4.78 is 57.7. The molecule has 3 atom stereocenters. The van der Waals surface area contributed by atoms with E-state index in [9.17, 15) is 37.8 Å². The molecule has 5 aromatic rings. The molecule has 5 heterocycles. The lowest BCUT2D eigenvalue weighted by molar-refractivity contribution is -0.144. The Bertz CT molecular complexity index is 2740. The normalized spacial score (nSPS) is 20.0. The number of aryl methyl sites for hydroxylation is 1. The standard InChI is InChI=1S/C56H75F3N10O8S/c1-37-49(78-36-63-37)41-11-5-38(6-12-41)30-61-52(73)47-29-44(71)33-69(47)53(74)50(55(2,3)4)64-48(72)35-77-28-27-76-26-25-75-24-23-66-19-21-67(22-20-66)32-39-7-9-40(10-8-39)46-34-68(42-13-15-43(70)16-14-42)51-45(46)31-62-54(65-51)60-18-17-56(57,58)59/h5-12,31,34,36,42-44,47,50,70-71H,13-30,32-33,35H2,1-4H3,(H,61,73)(H,64,72)(H,60,62,65)/t42?,43?,44-,47+,50-/m1/s1. The monoisotopic (exact) mass is 1100 g/mol. The second kappa shape index (κ2) is 27.0. The van der Waals surface area contributed by atoms with E-state index in [0.29, 0.717) is 38.3 Å². The Kier molecular flexibility index (Phi) is 20.3. The summed E-state index contributed by atoms with van der Waals surface area (Å²) in [5.74, 6) is -1.14. The van der Waals surface area contributed by atoms with E-state index in [1.807, 2.05) is 57.5 Å². The van der Waals surface area contributed by atoms with Gasteiger partial charge in [0, 0.05) is 94.7 Å². The predicted molar refractivity (Wildman–Crippen MR) is 291 cm³/mol. The minimum atomic E-state index is -4.28. The number of fused-ring (bicyclic) bond motifs is 1. The van der Waals surface area contributed by atoms with Crippen LogP contribution in [-0.4, -0.2) is 178 Å². The number of nitrogens with one attached hydrogen (secondary N) is 3. The highest BCUT2D eigenvalue weighted by molar-refractivity contribution is 7.13. The molecule has 22 heteroatoms. The first-order valence-corrected chi connectivity index (χ1v) is 27.9. The van der Waals surface area contributed by atoms with Crippen molar-refractivity contribution in [2.45, 2.75) is 116 Å². The number of β-amino-alcohol motifs (C(OH)–C–C–N with tert-alkyl or cyclic N) is 1. The molecule has 0 unspecified atom stereocenters. The highest BCUT2D eigenvalue weighted by atomic mass is 32.1. The molecule has 0 radical (unpaired) electrons. The summed E-state index contributed by atoms with van der Waals surface area (Å²) in [4.78, 5) is 61.1. The lowest BCUT2D eigenvalue weighted by Crippen LogP contribution is -2.58. The van der Waals surface area contributed by atoms with Crippen LogP contribution in [-0.2, 0) is 41.7 Å². The van der Waals surface area contributed by atoms with Gasteiger partial charge in [0.25, 0.3) is 0 Å². The Morgan fingerprint density at radius 1 is 0.821 bits per heavy atom. The average molecular weight is 1110 g/mol. The number of carbonyl (C=O) groups is 3. The van der Waals surface area contributed by atoms with Crippen LogP contribution >= 0.6 is 11.3 Å². The Hall–Kier alpha value is -5.59. The van der Waals surface area contributed by atoms with E-state index in [1.165, 1.54) is 10.5 Å². The molecule has 2 aliphatic heterocycles. The number of nitrogens with zero attached hydrogens (tertiary/aromatic N) is 7. The smallest absolute Gasteiger partial charge is 0.390 e. The number of ether oxygens (including phenoxy) is 3. The number of benzene rings is 2. The zero-order chi connectivity index (χ0) is 55.4. The van der Waals surface area contributed by atoms with Gasteiger partial charge in [-0.25, -0.2) is 9.97 Å². The van der Waals surface area contributed by atoms with Crippen molar-refractivity contribution >= 4 is 46.0 Å². The Morgan fingerprint density at radius 2 is 1.47 bits per heavy atom. The quantitative estimate of drug-likeness (QED) is 0.0427. The van der Waals surface area contributed by atoms with Crippen LogP contribution in [0.1, 0.15) is 82.2 Å². The largest absolute Gasteiger partial charge is 0.393 e. The van der Waals surface area contributed by atoms with E-state index in [1.54, 1.807) is 17.5 Å². The van der Waals surface area contributed by atoms with Crippen LogP contribution in [0.15, 0.2) is 66.4 Å². The van der Waals surface area contributed by atoms with E-state index >= 15 is 0 Å². The maximum absolute atomic E-state index is 14.0. The number of alkyl halides is 3. The number of hydrogen-bond donors (Lipinski definition) is 5. The highest BCUT2D eigenvalue weighted by Crippen LogP contribution is 2.37. The molecule has 424 valence electrons. The lowest BCUT2D eigenvalue weighted by Gasteiger charge is -2.35. The minimum absolute atomic E-state index is 0.0204. The number of amides is 3. The first-order valence-electron chi connectivity index (χ1n) is 27.1. The predicted octanol–water partition coefficient (Wildman–Crippen LogP) is 6.35. The summed E-state index contributed by atoms with van der Waals surface area (Å²) in [5, 5.41) is 30.0. The molecule has 3 aromatic heterocycles. The van der Waals surface area contributed by atoms with Gasteiger partial charge >= 0.3 is 6.18 Å². The second-order valence-electron chi connectivity index (χ2n) is 21.7. The Morgan fingerprint density at radius 3 is 2.14 bits per heavy atom. The van der Waals surface area contributed by atoms with Gasteiger partial charge in [0.15, 0.2) is 0 Å². The number of halogens is 3. The Labute approximate surface area is 458 Å². The third-order valence-corrected chi connectivity index (χ3v) is 15.7. The zero-order valence-electron chi connectivity index (χ0n) is 45.1. The molecule has 5 N–H and O–H groups in total. The summed E-state index contributed by atoms with van der Waals surface area (Å²) in [6, 6.07) is 14.6. The summed E-state index contributed by atoms with van der Waals surface area (Å²) >= 11 is 1.57. The number of thiazole rings is 1. The van der Waals surface area contributed by atoms with Crippen molar-refractivity contribution in [3.05, 3.63) is 83.3 Å². The van der Waals surface area contributed by atoms with E-state index in [2.05, 4.69) is 75.7 Å². The second-order valence-corrected chi connectivity index (χ2v) is 22.5. The third kappa shape index (κ3) is 16.3. The zero-order valence-corrected chi connectivity index (χ0v) is 45.9. The number of anilines is 1. The van der Waals surface area contributed by atoms with E-state index in [-0.39, 0.29) is 69.9 Å². The average Bonchev–Trinajstić information content (AvgIpc) is 4.15. The third-order valence-electron chi connectivity index (χ3n) is 14.7. The maximum atomic E-state index is 14.0. The van der Waals surface area contributed by atoms with Gasteiger partial charge in [-0.15, -0.1) is 11.3 Å². The maximum Gasteiger partial charge on any atom is 0.390 e. The van der Waals surface area contributed by atoms with Gasteiger partial charge in [-0.1, -0.05) is 69.3 Å². The summed E-state index contributed by atoms with van der Waals surface area (Å²) in [5.41, 5.74) is 7.82. The summed E-state index contributed by atoms with van der Waals surface area (Å²) in [6.45, 7) is 14.2. The van der Waals surface area contributed by atoms with Crippen LogP contribution in [0.4, 0.5) is 19.1 Å². The molecular formula is C56H75F3N10O8S. The molecule has 2 aromatic carbocycles. The summed E-state index contributed by atoms with van der Waals surface area (Å²) in [7, 11) is 0. The van der Waals surface area contributed by atoms with Crippen LogP contribution < -0.4 is 16.0 Å². The molecule has 3 amide bonds. The van der Waals surface area contributed by atoms with Gasteiger partial charge in [-0.05, 0) is 60.3 Å². The van der Waals surface area contributed by atoms with Crippen LogP contribution in [0.3, 0.4) is 0 Å². The molecule has 3 aliphatic rings. The van der Waals surface area contributed by atoms with Crippen LogP contribution in [0.2, 0.25) is 0 Å². The molecule has 0 bridgehead atoms. The number of piperazine rings is 1. The van der Waals surface area contributed by atoms with Crippen molar-refractivity contribution in [1.29, 1.82) is 0 Å². The molecular weight excluding hydrogens is 1030 g/mol. The number of likely N-dealkylation sites (tertiary alicyclic amines) is 1. The molecule has 18 nitrogen and oxygen atoms in total. The molecule has 78 heavy (non-hydrogen) atoms. The lowest BCUT2D eigenvalue weighted by atomic mass is 9.85. The number of carbonyl (C=O) groups excluding carboxylic acids is 3. The fourth-order valence-electron chi connectivity index (χ4n) is 10.3. The van der Waals surface area contributed by atoms with Gasteiger partial charge in [0.1, 0.15) is 24.3 Å². The summed E-state index contributed by atoms with van der Waals surface area (Å²) in [6.07, 6.45) is 0.318. The number of hydrogen-bond acceptors (Lipinski definition) is 15. The van der Waals surface area contributed by atoms with Gasteiger partial charge in [-0.3, -0.25) is 24.2 Å². The van der Waals surface area contributed by atoms with Crippen LogP contribution in [0.5, 0.6) is 0 Å². The molecule has 2 saturated heterocycles. The van der Waals surface area contributed by atoms with Crippen molar-refractivity contribution in [3.8, 4) is 21.6 Å².